The van der Waals surface area contributed by atoms with E-state index in [1.54, 1.807) is 42.5 Å². The lowest BCUT2D eigenvalue weighted by Crippen LogP contribution is -2.11. The number of hydrogen-bond acceptors (Lipinski definition) is 6. The number of carbonyl (C=O) groups is 1. The van der Waals surface area contributed by atoms with Crippen LogP contribution >= 0.6 is 34.3 Å². The molecule has 1 aromatic carbocycles. The molecule has 0 saturated heterocycles. The molecular formula is C21H12ClN3O2S2. The number of hydrogen-bond donors (Lipinski definition) is 1. The molecule has 0 bridgehead atoms. The Labute approximate surface area is 179 Å². The summed E-state index contributed by atoms with van der Waals surface area (Å²) in [6, 6.07) is 16.1. The van der Waals surface area contributed by atoms with Gasteiger partial charge < -0.3 is 9.73 Å². The maximum atomic E-state index is 12.7. The highest BCUT2D eigenvalue weighted by atomic mass is 35.5. The fourth-order valence-corrected chi connectivity index (χ4v) is 4.39. The van der Waals surface area contributed by atoms with E-state index in [2.05, 4.69) is 16.4 Å². The Bertz CT molecular complexity index is 1200. The predicted molar refractivity (Wildman–Crippen MR) is 117 cm³/mol. The maximum absolute atomic E-state index is 12.7. The van der Waals surface area contributed by atoms with Crippen molar-refractivity contribution in [3.63, 3.8) is 0 Å². The van der Waals surface area contributed by atoms with Gasteiger partial charge in [0.15, 0.2) is 0 Å². The molecule has 4 aromatic rings. The summed E-state index contributed by atoms with van der Waals surface area (Å²) in [5.74, 6) is 0.282. The maximum Gasteiger partial charge on any atom is 0.256 e. The van der Waals surface area contributed by atoms with Gasteiger partial charge in [-0.25, -0.2) is 4.98 Å². The number of aromatic nitrogens is 1. The number of carbonyl (C=O) groups excluding carboxylic acids is 1. The second-order valence-electron chi connectivity index (χ2n) is 5.82. The lowest BCUT2D eigenvalue weighted by atomic mass is 10.2. The van der Waals surface area contributed by atoms with Gasteiger partial charge in [0.05, 0.1) is 16.7 Å². The monoisotopic (exact) mass is 437 g/mol. The van der Waals surface area contributed by atoms with Crippen molar-refractivity contribution in [1.29, 1.82) is 5.26 Å². The van der Waals surface area contributed by atoms with Crippen molar-refractivity contribution in [3.8, 4) is 16.6 Å². The van der Waals surface area contributed by atoms with Crippen molar-refractivity contribution >= 4 is 56.8 Å². The first kappa shape index (κ1) is 19.2. The fourth-order valence-electron chi connectivity index (χ4n) is 2.53. The highest BCUT2D eigenvalue weighted by Crippen LogP contribution is 2.38. The molecule has 0 saturated carbocycles. The highest BCUT2D eigenvalue weighted by molar-refractivity contribution is 7.19. The standard InChI is InChI=1S/C21H12ClN3O2S2/c22-15-7-5-13(6-8-15)19(26)25-21-18(17-4-2-10-28-17)24-20(29-21)14(12-23)11-16-3-1-9-27-16/h1-11H,(H,25,26)/b14-11-. The Morgan fingerprint density at radius 1 is 1.21 bits per heavy atom. The number of thiazole rings is 1. The van der Waals surface area contributed by atoms with Gasteiger partial charge in [0.1, 0.15) is 27.5 Å². The summed E-state index contributed by atoms with van der Waals surface area (Å²) in [7, 11) is 0. The molecule has 0 radical (unpaired) electrons. The minimum atomic E-state index is -0.275. The van der Waals surface area contributed by atoms with Gasteiger partial charge in [-0.1, -0.05) is 29.0 Å². The van der Waals surface area contributed by atoms with Crippen LogP contribution in [0, 0.1) is 11.3 Å². The number of nitrogens with zero attached hydrogens (tertiary/aromatic N) is 2. The van der Waals surface area contributed by atoms with Gasteiger partial charge in [-0.2, -0.15) is 5.26 Å². The molecule has 1 amide bonds. The van der Waals surface area contributed by atoms with Crippen LogP contribution in [0.1, 0.15) is 21.1 Å². The van der Waals surface area contributed by atoms with Crippen LogP contribution < -0.4 is 5.32 Å². The van der Waals surface area contributed by atoms with Gasteiger partial charge in [-0.15, -0.1) is 11.3 Å². The van der Waals surface area contributed by atoms with Gasteiger partial charge in [-0.05, 0) is 47.8 Å². The SMILES string of the molecule is N#C/C(=C/c1ccco1)c1nc(-c2cccs2)c(NC(=O)c2ccc(Cl)cc2)s1. The first-order valence-electron chi connectivity index (χ1n) is 8.41. The molecule has 0 unspecified atom stereocenters. The number of allylic oxidation sites excluding steroid dienone is 1. The minimum absolute atomic E-state index is 0.275. The molecule has 0 atom stereocenters. The van der Waals surface area contributed by atoms with Crippen LogP contribution in [0.15, 0.2) is 64.6 Å². The third-order valence-electron chi connectivity index (χ3n) is 3.90. The Kier molecular flexibility index (Phi) is 5.58. The quantitative estimate of drug-likeness (QED) is 0.364. The van der Waals surface area contributed by atoms with Crippen LogP contribution in [-0.2, 0) is 0 Å². The van der Waals surface area contributed by atoms with E-state index < -0.39 is 0 Å². The zero-order chi connectivity index (χ0) is 20.2. The average molecular weight is 438 g/mol. The number of rotatable bonds is 5. The van der Waals surface area contributed by atoms with E-state index in [4.69, 9.17) is 16.0 Å². The van der Waals surface area contributed by atoms with Crippen molar-refractivity contribution < 1.29 is 9.21 Å². The van der Waals surface area contributed by atoms with E-state index in [0.29, 0.717) is 37.6 Å². The van der Waals surface area contributed by atoms with Crippen LogP contribution in [0.5, 0.6) is 0 Å². The number of furan rings is 1. The van der Waals surface area contributed by atoms with Crippen molar-refractivity contribution in [2.24, 2.45) is 0 Å². The molecule has 3 aromatic heterocycles. The fraction of sp³-hybridized carbons (Fsp3) is 0. The van der Waals surface area contributed by atoms with E-state index >= 15 is 0 Å². The topological polar surface area (TPSA) is 78.9 Å². The molecule has 0 fully saturated rings. The molecule has 8 heteroatoms. The Balaban J connectivity index is 1.72. The van der Waals surface area contributed by atoms with E-state index in [-0.39, 0.29) is 5.91 Å². The Morgan fingerprint density at radius 2 is 2.03 bits per heavy atom. The molecule has 0 aliphatic rings. The smallest absolute Gasteiger partial charge is 0.256 e. The molecule has 0 aliphatic carbocycles. The molecule has 3 heterocycles. The molecule has 1 N–H and O–H groups in total. The largest absolute Gasteiger partial charge is 0.465 e. The normalized spacial score (nSPS) is 11.2. The zero-order valence-electron chi connectivity index (χ0n) is 14.8. The number of nitriles is 1. The molecule has 0 aliphatic heterocycles. The molecular weight excluding hydrogens is 426 g/mol. The van der Waals surface area contributed by atoms with Crippen molar-refractivity contribution in [2.75, 3.05) is 5.32 Å². The number of nitrogens with one attached hydrogen (secondary N) is 1. The summed E-state index contributed by atoms with van der Waals surface area (Å²) >= 11 is 8.65. The number of thiophene rings is 1. The summed E-state index contributed by atoms with van der Waals surface area (Å²) in [5, 5.41) is 16.1. The third-order valence-corrected chi connectivity index (χ3v) is 6.03. The van der Waals surface area contributed by atoms with Crippen LogP contribution in [-0.4, -0.2) is 10.9 Å². The second kappa shape index (κ2) is 8.45. The predicted octanol–water partition coefficient (Wildman–Crippen LogP) is 6.43. The number of anilines is 1. The van der Waals surface area contributed by atoms with Gasteiger partial charge >= 0.3 is 0 Å². The van der Waals surface area contributed by atoms with E-state index in [1.807, 2.05) is 17.5 Å². The second-order valence-corrected chi connectivity index (χ2v) is 8.20. The van der Waals surface area contributed by atoms with E-state index in [0.717, 1.165) is 4.88 Å². The van der Waals surface area contributed by atoms with Gasteiger partial charge in [-0.3, -0.25) is 4.79 Å². The summed E-state index contributed by atoms with van der Waals surface area (Å²) in [5.41, 5.74) is 1.46. The summed E-state index contributed by atoms with van der Waals surface area (Å²) in [6.07, 6.45) is 3.17. The van der Waals surface area contributed by atoms with Crippen molar-refractivity contribution in [1.82, 2.24) is 4.98 Å². The number of benzene rings is 1. The van der Waals surface area contributed by atoms with Crippen LogP contribution in [0.2, 0.25) is 5.02 Å². The lowest BCUT2D eigenvalue weighted by molar-refractivity contribution is 0.102. The van der Waals surface area contributed by atoms with Gasteiger partial charge in [0.25, 0.3) is 5.91 Å². The molecule has 29 heavy (non-hydrogen) atoms. The zero-order valence-corrected chi connectivity index (χ0v) is 17.1. The number of halogens is 1. The third kappa shape index (κ3) is 4.30. The average Bonchev–Trinajstić information content (AvgIpc) is 3.48. The minimum Gasteiger partial charge on any atom is -0.465 e. The van der Waals surface area contributed by atoms with Crippen LogP contribution in [0.3, 0.4) is 0 Å². The van der Waals surface area contributed by atoms with Gasteiger partial charge in [0, 0.05) is 16.7 Å². The van der Waals surface area contributed by atoms with Crippen LogP contribution in [0.25, 0.3) is 22.2 Å². The Hall–Kier alpha value is -3.18. The molecule has 5 nitrogen and oxygen atoms in total. The molecule has 142 valence electrons. The lowest BCUT2D eigenvalue weighted by Gasteiger charge is -2.04. The van der Waals surface area contributed by atoms with Crippen molar-refractivity contribution in [2.45, 2.75) is 0 Å². The van der Waals surface area contributed by atoms with E-state index in [1.165, 1.54) is 28.9 Å². The van der Waals surface area contributed by atoms with Crippen LogP contribution in [0.4, 0.5) is 5.00 Å². The molecule has 0 spiro atoms. The first-order valence-corrected chi connectivity index (χ1v) is 10.5. The summed E-state index contributed by atoms with van der Waals surface area (Å²) < 4.78 is 5.30. The summed E-state index contributed by atoms with van der Waals surface area (Å²) in [4.78, 5) is 18.2. The van der Waals surface area contributed by atoms with Gasteiger partial charge in [0.2, 0.25) is 0 Å². The molecule has 4 rings (SSSR count). The van der Waals surface area contributed by atoms with Crippen molar-refractivity contribution in [3.05, 3.63) is 81.5 Å². The first-order chi connectivity index (χ1) is 14.1. The van der Waals surface area contributed by atoms with E-state index in [9.17, 15) is 10.1 Å². The summed E-state index contributed by atoms with van der Waals surface area (Å²) in [6.45, 7) is 0. The highest BCUT2D eigenvalue weighted by Gasteiger charge is 2.19. The number of amides is 1. The Morgan fingerprint density at radius 3 is 2.69 bits per heavy atom.